The van der Waals surface area contributed by atoms with Crippen molar-refractivity contribution in [1.82, 2.24) is 5.32 Å². The molecule has 0 unspecified atom stereocenters. The number of nitrogens with one attached hydrogen (secondary N) is 1. The molecule has 85 heavy (non-hydrogen) atoms. The number of amides is 1. The van der Waals surface area contributed by atoms with E-state index in [4.69, 9.17) is 60.2 Å². The van der Waals surface area contributed by atoms with E-state index in [0.717, 1.165) is 30.4 Å². The van der Waals surface area contributed by atoms with Gasteiger partial charge < -0.3 is 40.7 Å². The number of carbonyl (C=O) groups excluding carboxylic acids is 2. The Morgan fingerprint density at radius 3 is 1.86 bits per heavy atom. The summed E-state index contributed by atoms with van der Waals surface area (Å²) in [6.45, 7) is 2.54. The van der Waals surface area contributed by atoms with Gasteiger partial charge in [-0.1, -0.05) is 121 Å². The van der Waals surface area contributed by atoms with Gasteiger partial charge in [-0.3, -0.25) is 19.6 Å². The average molecular weight is 1550 g/mol. The number of ether oxygens (including phenoxy) is 2. The number of alkyl halides is 3. The minimum Gasteiger partial charge on any atom is -0.506 e. The zero-order valence-corrected chi connectivity index (χ0v) is 54.1. The van der Waals surface area contributed by atoms with Crippen molar-refractivity contribution in [2.24, 2.45) is 9.98 Å². The standard InChI is InChI=1S/C19H15BrClF3N2O2.C13H8Br2FNO.C13H7BrClNO.C7H4BrFO.C6H6ClNO.C2H6O/c20-10-3-5-12-16(8-10)28-15-6-4-11(21)9-14(15)26-7-1-2-13(17(12)26)25-18(27)19(22,23)24;14-9-2-1-8(11(16)5-9)7-17-12-6-10(15)3-4-13(12)18;14-9-2-1-8-7-16-11-6-10(15)3-4-12(11)17-13(8)5-9;8-6-2-1-5(4-10)7(9)3-6;7-4-1-2-6(9)5(8)3-4;1-2-3/h3-6,8-9,13,17H,1-2,7H2,(H,25,27);1-7,18H;1-7H;1-4H;1-3,9H,8H2;3H,2H2,1H3/t13-,17+;;;;;/m0...../s1. The van der Waals surface area contributed by atoms with Crippen LogP contribution in [-0.4, -0.2) is 65.3 Å². The Hall–Kier alpha value is -6.08. The molecule has 0 aromatic heterocycles. The van der Waals surface area contributed by atoms with Gasteiger partial charge in [0, 0.05) is 79.7 Å². The van der Waals surface area contributed by atoms with Crippen molar-refractivity contribution in [1.29, 1.82) is 0 Å². The Bertz CT molecular complexity index is 3740. The highest BCUT2D eigenvalue weighted by Gasteiger charge is 2.44. The SMILES string of the molecule is CCO.Clc1ccc2c(c1)N=Cc1ccc(Br)cc1O2.Nc1cc(Cl)ccc1O.O=C(N[C@H]1CCCN2c3cc(Cl)ccc3Oc3cc(Br)ccc3[C@H]12)C(F)(F)F.O=Cc1ccc(Br)cc1F.Oc1ccc(Br)cc1N=Cc1ccc(Br)cc1F. The minimum absolute atomic E-state index is 0.0481. The molecule has 8 aromatic carbocycles. The normalized spacial score (nSPS) is 14.0. The van der Waals surface area contributed by atoms with Gasteiger partial charge in [0.15, 0.2) is 17.8 Å². The molecule has 0 spiro atoms. The summed E-state index contributed by atoms with van der Waals surface area (Å²) in [5.41, 5.74) is 9.51. The van der Waals surface area contributed by atoms with Crippen LogP contribution in [0.4, 0.5) is 44.7 Å². The van der Waals surface area contributed by atoms with Crippen molar-refractivity contribution in [3.8, 4) is 34.5 Å². The molecule has 1 amide bonds. The van der Waals surface area contributed by atoms with Gasteiger partial charge in [0.25, 0.3) is 0 Å². The summed E-state index contributed by atoms with van der Waals surface area (Å²) in [6, 6.07) is 39.0. The van der Waals surface area contributed by atoms with E-state index in [1.165, 1.54) is 42.6 Å². The first kappa shape index (κ1) is 68.0. The number of aldehydes is 1. The van der Waals surface area contributed by atoms with Gasteiger partial charge >= 0.3 is 12.1 Å². The molecule has 2 atom stereocenters. The second kappa shape index (κ2) is 32.1. The molecule has 3 aliphatic heterocycles. The van der Waals surface area contributed by atoms with Crippen LogP contribution in [0.25, 0.3) is 0 Å². The van der Waals surface area contributed by atoms with E-state index in [1.807, 2.05) is 35.2 Å². The number of nitrogens with zero attached hydrogens (tertiary/aromatic N) is 3. The third-order valence-corrected chi connectivity index (χ3v) is 14.9. The fraction of sp³-hybridized carbons (Fsp3) is 0.133. The summed E-state index contributed by atoms with van der Waals surface area (Å²) >= 11 is 34.0. The zero-order chi connectivity index (χ0) is 62.1. The summed E-state index contributed by atoms with van der Waals surface area (Å²) in [4.78, 5) is 32.1. The third kappa shape index (κ3) is 20.0. The minimum atomic E-state index is -4.94. The summed E-state index contributed by atoms with van der Waals surface area (Å²) in [5.74, 6) is -0.104. The van der Waals surface area contributed by atoms with Gasteiger partial charge in [-0.05, 0) is 159 Å². The van der Waals surface area contributed by atoms with Gasteiger partial charge in [0.2, 0.25) is 0 Å². The molecule has 0 saturated carbocycles. The number of aliphatic imine (C=N–C) groups is 2. The second-order valence-corrected chi connectivity index (χ2v) is 23.7. The summed E-state index contributed by atoms with van der Waals surface area (Å²) < 4.78 is 80.5. The molecule has 25 heteroatoms. The van der Waals surface area contributed by atoms with E-state index in [9.17, 15) is 36.6 Å². The smallest absolute Gasteiger partial charge is 0.471 e. The van der Waals surface area contributed by atoms with Crippen LogP contribution < -0.4 is 25.4 Å². The van der Waals surface area contributed by atoms with Crippen LogP contribution in [0.1, 0.15) is 52.9 Å². The number of rotatable bonds is 4. The Morgan fingerprint density at radius 1 is 0.706 bits per heavy atom. The first-order chi connectivity index (χ1) is 40.4. The first-order valence-electron chi connectivity index (χ1n) is 24.8. The fourth-order valence-corrected chi connectivity index (χ4v) is 10.1. The Kier molecular flexibility index (Phi) is 25.7. The van der Waals surface area contributed by atoms with E-state index >= 15 is 0 Å². The van der Waals surface area contributed by atoms with Crippen LogP contribution in [0, 0.1) is 11.6 Å². The number of nitrogens with two attached hydrogens (primary N) is 1. The summed E-state index contributed by atoms with van der Waals surface area (Å²) in [6.07, 6.45) is -0.242. The molecule has 12 nitrogen and oxygen atoms in total. The maximum atomic E-state index is 13.5. The number of aliphatic hydroxyl groups excluding tert-OH is 1. The quantitative estimate of drug-likeness (QED) is 0.0377. The monoisotopic (exact) mass is 1540 g/mol. The van der Waals surface area contributed by atoms with Gasteiger partial charge in [0.05, 0.1) is 29.0 Å². The van der Waals surface area contributed by atoms with Crippen LogP contribution in [0.15, 0.2) is 178 Å². The molecule has 0 bridgehead atoms. The van der Waals surface area contributed by atoms with E-state index in [-0.39, 0.29) is 29.5 Å². The number of phenolic OH excluding ortho intramolecular Hbond substituents is 2. The number of phenols is 2. The second-order valence-electron chi connectivity index (χ2n) is 17.8. The molecule has 1 saturated heterocycles. The van der Waals surface area contributed by atoms with Crippen LogP contribution in [0.3, 0.4) is 0 Å². The molecule has 0 radical (unpaired) electrons. The Morgan fingerprint density at radius 2 is 1.24 bits per heavy atom. The lowest BCUT2D eigenvalue weighted by Gasteiger charge is -2.42. The summed E-state index contributed by atoms with van der Waals surface area (Å²) in [7, 11) is 0. The van der Waals surface area contributed by atoms with Crippen molar-refractivity contribution in [2.75, 3.05) is 23.8 Å². The number of aliphatic hydroxyl groups is 1. The molecule has 6 N–H and O–H groups in total. The number of hydrogen-bond acceptors (Lipinski definition) is 11. The maximum Gasteiger partial charge on any atom is 0.471 e. The van der Waals surface area contributed by atoms with Gasteiger partial charge in [-0.25, -0.2) is 8.78 Å². The first-order valence-corrected chi connectivity index (χ1v) is 29.9. The van der Waals surface area contributed by atoms with Crippen LogP contribution in [0.2, 0.25) is 15.1 Å². The fourth-order valence-electron chi connectivity index (χ4n) is 7.92. The lowest BCUT2D eigenvalue weighted by molar-refractivity contribution is -0.174. The molecule has 0 aliphatic carbocycles. The van der Waals surface area contributed by atoms with Crippen molar-refractivity contribution >= 4 is 162 Å². The van der Waals surface area contributed by atoms with Crippen molar-refractivity contribution in [3.63, 3.8) is 0 Å². The number of anilines is 2. The number of halogens is 13. The number of hydrogen-bond donors (Lipinski definition) is 5. The van der Waals surface area contributed by atoms with Crippen molar-refractivity contribution in [2.45, 2.75) is 38.0 Å². The van der Waals surface area contributed by atoms with Crippen molar-refractivity contribution in [3.05, 3.63) is 217 Å². The predicted molar refractivity (Wildman–Crippen MR) is 343 cm³/mol. The molecular formula is C60H46Br5Cl3F5N5O7. The van der Waals surface area contributed by atoms with E-state index in [1.54, 1.807) is 92.0 Å². The molecule has 11 rings (SSSR count). The number of carbonyl (C=O) groups is 2. The number of nitrogen functional groups attached to an aromatic ring is 1. The molecule has 3 aliphatic rings. The number of piperidine rings is 1. The van der Waals surface area contributed by atoms with Gasteiger partial charge in [-0.2, -0.15) is 13.2 Å². The summed E-state index contributed by atoms with van der Waals surface area (Å²) in [5, 5.41) is 29.9. The third-order valence-electron chi connectivity index (χ3n) is 11.7. The lowest BCUT2D eigenvalue weighted by Crippen LogP contribution is -2.52. The van der Waals surface area contributed by atoms with Crippen LogP contribution >= 0.6 is 114 Å². The van der Waals surface area contributed by atoms with Crippen LogP contribution in [0.5, 0.6) is 34.5 Å². The largest absolute Gasteiger partial charge is 0.506 e. The van der Waals surface area contributed by atoms with Crippen molar-refractivity contribution < 1.29 is 56.3 Å². The Labute approximate surface area is 542 Å². The number of fused-ring (bicyclic) bond motifs is 7. The molecule has 444 valence electrons. The zero-order valence-electron chi connectivity index (χ0n) is 43.9. The maximum absolute atomic E-state index is 13.5. The van der Waals surface area contributed by atoms with Gasteiger partial charge in [-0.15, -0.1) is 0 Å². The highest BCUT2D eigenvalue weighted by atomic mass is 79.9. The van der Waals surface area contributed by atoms with E-state index < -0.39 is 30.0 Å². The van der Waals surface area contributed by atoms with Gasteiger partial charge in [0.1, 0.15) is 46.0 Å². The molecule has 1 fully saturated rings. The number of aromatic hydroxyl groups is 2. The molecule has 3 heterocycles. The predicted octanol–water partition coefficient (Wildman–Crippen LogP) is 19.4. The molecular weight excluding hydrogens is 1500 g/mol. The number of benzene rings is 8. The van der Waals surface area contributed by atoms with Crippen LogP contribution in [-0.2, 0) is 4.79 Å². The van der Waals surface area contributed by atoms with E-state index in [0.29, 0.717) is 95.1 Å². The highest BCUT2D eigenvalue weighted by molar-refractivity contribution is 9.11. The van der Waals surface area contributed by atoms with E-state index in [2.05, 4.69) is 95.0 Å². The average Bonchev–Trinajstić information content (AvgIpc) is 3.54. The Balaban J connectivity index is 0.000000178. The lowest BCUT2D eigenvalue weighted by atomic mass is 9.89. The topological polar surface area (TPSA) is 179 Å². The highest BCUT2D eigenvalue weighted by Crippen LogP contribution is 2.49. The molecule has 8 aromatic rings.